The van der Waals surface area contributed by atoms with E-state index in [-0.39, 0.29) is 35.2 Å². The third kappa shape index (κ3) is 5.32. The zero-order valence-corrected chi connectivity index (χ0v) is 18.6. The van der Waals surface area contributed by atoms with Crippen LogP contribution in [0.25, 0.3) is 0 Å². The molecule has 0 aliphatic carbocycles. The summed E-state index contributed by atoms with van der Waals surface area (Å²) in [6.07, 6.45) is 0. The Bertz CT molecular complexity index is 1090. The van der Waals surface area contributed by atoms with Crippen LogP contribution in [-0.2, 0) is 19.6 Å². The Morgan fingerprint density at radius 2 is 1.44 bits per heavy atom. The second kappa shape index (κ2) is 9.92. The minimum atomic E-state index is -3.74. The lowest BCUT2D eigenvalue weighted by molar-refractivity contribution is -0.129. The van der Waals surface area contributed by atoms with Gasteiger partial charge < -0.3 is 14.4 Å². The summed E-state index contributed by atoms with van der Waals surface area (Å²) in [5.41, 5.74) is 0.512. The highest BCUT2D eigenvalue weighted by Gasteiger charge is 2.29. The normalized spacial score (nSPS) is 14.6. The van der Waals surface area contributed by atoms with E-state index >= 15 is 0 Å². The standard InChI is InChI=1S/C22H24N2O7S/c1-16(25)23-11-13-24(14-12-23)32(28,29)20-9-5-18(6-10-20)22(27)31-15-21(26)17-3-7-19(30-2)8-4-17/h3-10H,11-15H2,1-2H3. The first-order chi connectivity index (χ1) is 15.2. The molecule has 1 heterocycles. The maximum absolute atomic E-state index is 12.8. The summed E-state index contributed by atoms with van der Waals surface area (Å²) in [7, 11) is -2.22. The number of ether oxygens (including phenoxy) is 2. The maximum atomic E-state index is 12.8. The number of rotatable bonds is 7. The first-order valence-electron chi connectivity index (χ1n) is 9.92. The van der Waals surface area contributed by atoms with E-state index in [1.165, 1.54) is 42.6 Å². The lowest BCUT2D eigenvalue weighted by Crippen LogP contribution is -2.49. The molecule has 0 N–H and O–H groups in total. The van der Waals surface area contributed by atoms with Crippen molar-refractivity contribution in [1.29, 1.82) is 0 Å². The topological polar surface area (TPSA) is 110 Å². The Hall–Kier alpha value is -3.24. The van der Waals surface area contributed by atoms with Gasteiger partial charge in [-0.05, 0) is 48.5 Å². The number of carbonyl (C=O) groups excluding carboxylic acids is 3. The highest BCUT2D eigenvalue weighted by atomic mass is 32.2. The van der Waals surface area contributed by atoms with E-state index in [0.717, 1.165) is 0 Å². The lowest BCUT2D eigenvalue weighted by atomic mass is 10.1. The Morgan fingerprint density at radius 3 is 1.97 bits per heavy atom. The fraction of sp³-hybridized carbons (Fsp3) is 0.318. The molecular formula is C22H24N2O7S. The molecule has 0 aromatic heterocycles. The van der Waals surface area contributed by atoms with Gasteiger partial charge in [-0.2, -0.15) is 4.31 Å². The molecule has 10 heteroatoms. The summed E-state index contributed by atoms with van der Waals surface area (Å²) in [5.74, 6) is -0.583. The minimum Gasteiger partial charge on any atom is -0.497 e. The first kappa shape index (κ1) is 23.4. The van der Waals surface area contributed by atoms with Gasteiger partial charge in [-0.25, -0.2) is 13.2 Å². The number of Topliss-reactive ketones (excluding diaryl/α,β-unsaturated/α-hetero) is 1. The molecule has 1 fully saturated rings. The van der Waals surface area contributed by atoms with E-state index in [1.54, 1.807) is 29.2 Å². The van der Waals surface area contributed by atoms with Gasteiger partial charge in [0, 0.05) is 38.7 Å². The molecule has 0 radical (unpaired) electrons. The molecule has 0 spiro atoms. The number of esters is 1. The number of sulfonamides is 1. The quantitative estimate of drug-likeness (QED) is 0.456. The molecule has 1 saturated heterocycles. The SMILES string of the molecule is COc1ccc(C(=O)COC(=O)c2ccc(S(=O)(=O)N3CCN(C(C)=O)CC3)cc2)cc1. The smallest absolute Gasteiger partial charge is 0.338 e. The summed E-state index contributed by atoms with van der Waals surface area (Å²) in [6, 6.07) is 11.8. The molecule has 1 amide bonds. The number of piperazine rings is 1. The van der Waals surface area contributed by atoms with Gasteiger partial charge in [0.1, 0.15) is 5.75 Å². The average Bonchev–Trinajstić information content (AvgIpc) is 2.82. The van der Waals surface area contributed by atoms with Gasteiger partial charge in [0.05, 0.1) is 17.6 Å². The van der Waals surface area contributed by atoms with Crippen LogP contribution in [0.4, 0.5) is 0 Å². The molecule has 0 atom stereocenters. The van der Waals surface area contributed by atoms with Crippen molar-refractivity contribution in [1.82, 2.24) is 9.21 Å². The van der Waals surface area contributed by atoms with Crippen molar-refractivity contribution in [2.24, 2.45) is 0 Å². The van der Waals surface area contributed by atoms with Crippen molar-refractivity contribution in [2.75, 3.05) is 39.9 Å². The van der Waals surface area contributed by atoms with Crippen molar-refractivity contribution in [3.05, 3.63) is 59.7 Å². The van der Waals surface area contributed by atoms with Crippen molar-refractivity contribution in [3.63, 3.8) is 0 Å². The fourth-order valence-corrected chi connectivity index (χ4v) is 4.65. The van der Waals surface area contributed by atoms with E-state index < -0.39 is 22.6 Å². The molecule has 32 heavy (non-hydrogen) atoms. The second-order valence-corrected chi connectivity index (χ2v) is 9.10. The van der Waals surface area contributed by atoms with Crippen LogP contribution in [0, 0.1) is 0 Å². The predicted octanol–water partition coefficient (Wildman–Crippen LogP) is 1.59. The number of methoxy groups -OCH3 is 1. The van der Waals surface area contributed by atoms with Crippen LogP contribution in [0.15, 0.2) is 53.4 Å². The molecule has 0 saturated carbocycles. The predicted molar refractivity (Wildman–Crippen MR) is 115 cm³/mol. The molecule has 0 bridgehead atoms. The Balaban J connectivity index is 1.59. The zero-order chi connectivity index (χ0) is 23.3. The molecule has 2 aromatic carbocycles. The van der Waals surface area contributed by atoms with Crippen molar-refractivity contribution < 1.29 is 32.3 Å². The van der Waals surface area contributed by atoms with Gasteiger partial charge in [0.25, 0.3) is 0 Å². The summed E-state index contributed by atoms with van der Waals surface area (Å²) in [4.78, 5) is 37.5. The van der Waals surface area contributed by atoms with Gasteiger partial charge in [0.2, 0.25) is 15.9 Å². The highest BCUT2D eigenvalue weighted by Crippen LogP contribution is 2.19. The monoisotopic (exact) mass is 460 g/mol. The molecule has 0 unspecified atom stereocenters. The Kier molecular flexibility index (Phi) is 7.26. The van der Waals surface area contributed by atoms with E-state index in [1.807, 2.05) is 0 Å². The summed E-state index contributed by atoms with van der Waals surface area (Å²) in [5, 5.41) is 0. The van der Waals surface area contributed by atoms with E-state index in [0.29, 0.717) is 24.4 Å². The largest absolute Gasteiger partial charge is 0.497 e. The van der Waals surface area contributed by atoms with Crippen molar-refractivity contribution >= 4 is 27.7 Å². The molecule has 9 nitrogen and oxygen atoms in total. The van der Waals surface area contributed by atoms with Crippen molar-refractivity contribution in [3.8, 4) is 5.75 Å². The number of carbonyl (C=O) groups is 3. The van der Waals surface area contributed by atoms with Crippen molar-refractivity contribution in [2.45, 2.75) is 11.8 Å². The Morgan fingerprint density at radius 1 is 0.875 bits per heavy atom. The van der Waals surface area contributed by atoms with Gasteiger partial charge in [-0.15, -0.1) is 0 Å². The number of hydrogen-bond acceptors (Lipinski definition) is 7. The number of amides is 1. The number of hydrogen-bond donors (Lipinski definition) is 0. The van der Waals surface area contributed by atoms with Crippen LogP contribution in [0.1, 0.15) is 27.6 Å². The average molecular weight is 461 g/mol. The van der Waals surface area contributed by atoms with Gasteiger partial charge >= 0.3 is 5.97 Å². The van der Waals surface area contributed by atoms with Crippen LogP contribution in [-0.4, -0.2) is 75.2 Å². The van der Waals surface area contributed by atoms with Crippen LogP contribution in [0.5, 0.6) is 5.75 Å². The zero-order valence-electron chi connectivity index (χ0n) is 17.8. The number of benzene rings is 2. The van der Waals surface area contributed by atoms with Gasteiger partial charge in [-0.1, -0.05) is 0 Å². The third-order valence-corrected chi connectivity index (χ3v) is 7.07. The summed E-state index contributed by atoms with van der Waals surface area (Å²) in [6.45, 7) is 2.10. The van der Waals surface area contributed by atoms with Crippen LogP contribution in [0.2, 0.25) is 0 Å². The summed E-state index contributed by atoms with van der Waals surface area (Å²) >= 11 is 0. The molecule has 3 rings (SSSR count). The van der Waals surface area contributed by atoms with E-state index in [9.17, 15) is 22.8 Å². The molecular weight excluding hydrogens is 436 g/mol. The van der Waals surface area contributed by atoms with Crippen LogP contribution < -0.4 is 4.74 Å². The number of nitrogens with zero attached hydrogens (tertiary/aromatic N) is 2. The van der Waals surface area contributed by atoms with E-state index in [2.05, 4.69) is 0 Å². The van der Waals surface area contributed by atoms with Crippen LogP contribution in [0.3, 0.4) is 0 Å². The minimum absolute atomic E-state index is 0.0413. The molecule has 2 aromatic rings. The molecule has 1 aliphatic rings. The van der Waals surface area contributed by atoms with Gasteiger partial charge in [0.15, 0.2) is 12.4 Å². The van der Waals surface area contributed by atoms with Gasteiger partial charge in [-0.3, -0.25) is 9.59 Å². The highest BCUT2D eigenvalue weighted by molar-refractivity contribution is 7.89. The fourth-order valence-electron chi connectivity index (χ4n) is 3.23. The van der Waals surface area contributed by atoms with Crippen LogP contribution >= 0.6 is 0 Å². The molecule has 170 valence electrons. The lowest BCUT2D eigenvalue weighted by Gasteiger charge is -2.33. The third-order valence-electron chi connectivity index (χ3n) is 5.16. The van der Waals surface area contributed by atoms with E-state index in [4.69, 9.17) is 9.47 Å². The Labute approximate surface area is 186 Å². The number of ketones is 1. The molecule has 1 aliphatic heterocycles. The summed E-state index contributed by atoms with van der Waals surface area (Å²) < 4.78 is 37.0. The maximum Gasteiger partial charge on any atom is 0.338 e. The second-order valence-electron chi connectivity index (χ2n) is 7.16. The first-order valence-corrected chi connectivity index (χ1v) is 11.4.